The fourth-order valence-electron chi connectivity index (χ4n) is 3.67. The summed E-state index contributed by atoms with van der Waals surface area (Å²) in [5, 5.41) is 11.0. The zero-order chi connectivity index (χ0) is 21.6. The summed E-state index contributed by atoms with van der Waals surface area (Å²) in [6.45, 7) is 4.27. The molecule has 31 heavy (non-hydrogen) atoms. The minimum Gasteiger partial charge on any atom is -0.367 e. The standard InChI is InChI=1S/C19H22F3N7S2/c1-11-8-28(5-4-23-11)13-6-12(31-27-19(10-20)2-3-19)9-29-14(13)7-24-16(29)18-26-25-17(30-18)15(21)22/h6-7,9,11,15,23,27H,2-5,8,10H2,1H3/t11-/m1/s1. The number of imidazole rings is 1. The van der Waals surface area contributed by atoms with Gasteiger partial charge in [-0.15, -0.1) is 10.2 Å². The number of piperazine rings is 1. The summed E-state index contributed by atoms with van der Waals surface area (Å²) in [6, 6.07) is 2.42. The molecule has 3 aromatic rings. The first-order valence-electron chi connectivity index (χ1n) is 10.1. The van der Waals surface area contributed by atoms with Crippen molar-refractivity contribution < 1.29 is 13.2 Å². The van der Waals surface area contributed by atoms with Gasteiger partial charge in [-0.3, -0.25) is 9.12 Å². The smallest absolute Gasteiger partial charge is 0.291 e. The number of hydrogen-bond donors (Lipinski definition) is 2. The number of fused-ring (bicyclic) bond motifs is 1. The first kappa shape index (κ1) is 21.0. The lowest BCUT2D eigenvalue weighted by Crippen LogP contribution is -2.49. The average Bonchev–Trinajstić information content (AvgIpc) is 3.17. The van der Waals surface area contributed by atoms with Crippen molar-refractivity contribution in [2.24, 2.45) is 0 Å². The molecule has 1 aliphatic heterocycles. The third kappa shape index (κ3) is 4.13. The molecule has 4 heterocycles. The second-order valence-electron chi connectivity index (χ2n) is 8.06. The quantitative estimate of drug-likeness (QED) is 0.512. The molecule has 0 radical (unpaired) electrons. The van der Waals surface area contributed by atoms with E-state index in [1.54, 1.807) is 6.20 Å². The molecule has 1 aliphatic carbocycles. The van der Waals surface area contributed by atoms with Gasteiger partial charge < -0.3 is 10.2 Å². The Labute approximate surface area is 185 Å². The highest BCUT2D eigenvalue weighted by molar-refractivity contribution is 7.97. The lowest BCUT2D eigenvalue weighted by Gasteiger charge is -2.34. The van der Waals surface area contributed by atoms with E-state index in [2.05, 4.69) is 43.1 Å². The zero-order valence-corrected chi connectivity index (χ0v) is 18.4. The lowest BCUT2D eigenvalue weighted by molar-refractivity contribution is 0.150. The summed E-state index contributed by atoms with van der Waals surface area (Å²) in [4.78, 5) is 7.67. The number of nitrogens with zero attached hydrogens (tertiary/aromatic N) is 5. The van der Waals surface area contributed by atoms with E-state index in [0.29, 0.717) is 16.9 Å². The highest BCUT2D eigenvalue weighted by atomic mass is 32.2. The van der Waals surface area contributed by atoms with Crippen LogP contribution in [-0.4, -0.2) is 57.5 Å². The van der Waals surface area contributed by atoms with E-state index in [1.165, 1.54) is 11.9 Å². The molecule has 1 saturated heterocycles. The Morgan fingerprint density at radius 1 is 1.39 bits per heavy atom. The van der Waals surface area contributed by atoms with Gasteiger partial charge in [0.15, 0.2) is 15.8 Å². The van der Waals surface area contributed by atoms with Crippen LogP contribution in [0.15, 0.2) is 23.4 Å². The first-order valence-corrected chi connectivity index (χ1v) is 11.7. The van der Waals surface area contributed by atoms with Gasteiger partial charge in [0.1, 0.15) is 6.67 Å². The van der Waals surface area contributed by atoms with Crippen molar-refractivity contribution in [2.45, 2.75) is 42.7 Å². The number of rotatable bonds is 7. The molecule has 0 unspecified atom stereocenters. The summed E-state index contributed by atoms with van der Waals surface area (Å²) in [6.07, 6.45) is 2.60. The molecule has 12 heteroatoms. The molecule has 0 spiro atoms. The van der Waals surface area contributed by atoms with E-state index < -0.39 is 18.6 Å². The van der Waals surface area contributed by atoms with Crippen LogP contribution in [0.5, 0.6) is 0 Å². The van der Waals surface area contributed by atoms with Crippen LogP contribution in [0, 0.1) is 0 Å². The molecule has 2 fully saturated rings. The molecular formula is C19H22F3N7S2. The van der Waals surface area contributed by atoms with Crippen LogP contribution in [0.25, 0.3) is 16.3 Å². The molecule has 0 amide bonds. The fourth-order valence-corrected chi connectivity index (χ4v) is 5.28. The summed E-state index contributed by atoms with van der Waals surface area (Å²) in [5.41, 5.74) is 1.43. The molecule has 166 valence electrons. The molecule has 2 aliphatic rings. The van der Waals surface area contributed by atoms with E-state index in [-0.39, 0.29) is 5.01 Å². The van der Waals surface area contributed by atoms with E-state index in [1.807, 2.05) is 10.6 Å². The molecule has 7 nitrogen and oxygen atoms in total. The highest BCUT2D eigenvalue weighted by Gasteiger charge is 2.43. The second-order valence-corrected chi connectivity index (χ2v) is 9.95. The summed E-state index contributed by atoms with van der Waals surface area (Å²) < 4.78 is 44.5. The number of pyridine rings is 1. The van der Waals surface area contributed by atoms with Gasteiger partial charge in [-0.25, -0.2) is 18.2 Å². The average molecular weight is 470 g/mol. The number of hydrogen-bond acceptors (Lipinski definition) is 8. The number of aromatic nitrogens is 4. The van der Waals surface area contributed by atoms with Gasteiger partial charge in [0.05, 0.1) is 22.9 Å². The first-order chi connectivity index (χ1) is 15.0. The predicted octanol–water partition coefficient (Wildman–Crippen LogP) is 3.69. The summed E-state index contributed by atoms with van der Waals surface area (Å²) in [5.74, 6) is 0.470. The molecule has 5 rings (SSSR count). The molecule has 1 saturated carbocycles. The van der Waals surface area contributed by atoms with E-state index in [0.717, 1.165) is 59.9 Å². The van der Waals surface area contributed by atoms with Gasteiger partial charge in [0.25, 0.3) is 6.43 Å². The summed E-state index contributed by atoms with van der Waals surface area (Å²) in [7, 11) is 0. The third-order valence-corrected chi connectivity index (χ3v) is 7.54. The van der Waals surface area contributed by atoms with Crippen molar-refractivity contribution in [1.29, 1.82) is 0 Å². The van der Waals surface area contributed by atoms with Crippen LogP contribution in [0.3, 0.4) is 0 Å². The van der Waals surface area contributed by atoms with Crippen molar-refractivity contribution in [3.05, 3.63) is 23.5 Å². The highest BCUT2D eigenvalue weighted by Crippen LogP contribution is 2.40. The minimum absolute atomic E-state index is 0.325. The molecule has 0 aromatic carbocycles. The molecule has 2 N–H and O–H groups in total. The number of halogens is 3. The summed E-state index contributed by atoms with van der Waals surface area (Å²) >= 11 is 2.23. The third-order valence-electron chi connectivity index (χ3n) is 5.62. The molecule has 1 atom stereocenters. The van der Waals surface area contributed by atoms with Gasteiger partial charge >= 0.3 is 0 Å². The van der Waals surface area contributed by atoms with Crippen LogP contribution in [0.1, 0.15) is 31.2 Å². The Morgan fingerprint density at radius 3 is 2.90 bits per heavy atom. The molecular weight excluding hydrogens is 447 g/mol. The number of alkyl halides is 3. The molecule has 0 bridgehead atoms. The van der Waals surface area contributed by atoms with Crippen LogP contribution in [0.2, 0.25) is 0 Å². The molecule has 3 aromatic heterocycles. The fraction of sp³-hybridized carbons (Fsp3) is 0.526. The van der Waals surface area contributed by atoms with E-state index in [4.69, 9.17) is 0 Å². The van der Waals surface area contributed by atoms with Crippen molar-refractivity contribution in [3.8, 4) is 10.8 Å². The van der Waals surface area contributed by atoms with Crippen LogP contribution < -0.4 is 14.9 Å². The van der Waals surface area contributed by atoms with Crippen molar-refractivity contribution in [2.75, 3.05) is 31.2 Å². The topological polar surface area (TPSA) is 70.4 Å². The van der Waals surface area contributed by atoms with Crippen LogP contribution >= 0.6 is 23.3 Å². The maximum absolute atomic E-state index is 13.3. The maximum Gasteiger partial charge on any atom is 0.291 e. The largest absolute Gasteiger partial charge is 0.367 e. The van der Waals surface area contributed by atoms with Gasteiger partial charge in [0, 0.05) is 36.8 Å². The Hall–Kier alpha value is -1.89. The van der Waals surface area contributed by atoms with Gasteiger partial charge in [0.2, 0.25) is 0 Å². The van der Waals surface area contributed by atoms with E-state index in [9.17, 15) is 13.2 Å². The Balaban J connectivity index is 1.56. The zero-order valence-electron chi connectivity index (χ0n) is 16.8. The number of anilines is 1. The number of nitrogens with one attached hydrogen (secondary N) is 2. The SMILES string of the molecule is C[C@@H]1CN(c2cc(SNC3(CF)CC3)cn3c(-c4nnc(C(F)F)s4)ncc23)CCN1. The Kier molecular flexibility index (Phi) is 5.57. The van der Waals surface area contributed by atoms with Gasteiger partial charge in [-0.2, -0.15) is 0 Å². The van der Waals surface area contributed by atoms with Crippen LogP contribution in [-0.2, 0) is 0 Å². The van der Waals surface area contributed by atoms with Crippen molar-refractivity contribution >= 4 is 34.5 Å². The maximum atomic E-state index is 13.3. The monoisotopic (exact) mass is 469 g/mol. The van der Waals surface area contributed by atoms with Gasteiger partial charge in [-0.05, 0) is 37.8 Å². The predicted molar refractivity (Wildman–Crippen MR) is 116 cm³/mol. The second kappa shape index (κ2) is 8.23. The Morgan fingerprint density at radius 2 is 2.23 bits per heavy atom. The van der Waals surface area contributed by atoms with Gasteiger partial charge in [-0.1, -0.05) is 11.3 Å². The van der Waals surface area contributed by atoms with Crippen molar-refractivity contribution in [3.63, 3.8) is 0 Å². The normalized spacial score (nSPS) is 20.7. The van der Waals surface area contributed by atoms with Crippen molar-refractivity contribution in [1.82, 2.24) is 29.6 Å². The van der Waals surface area contributed by atoms with Crippen LogP contribution in [0.4, 0.5) is 18.9 Å². The van der Waals surface area contributed by atoms with E-state index >= 15 is 0 Å². The lowest BCUT2D eigenvalue weighted by atomic mass is 10.2. The Bertz CT molecular complexity index is 1080. The minimum atomic E-state index is -2.67.